The van der Waals surface area contributed by atoms with Gasteiger partial charge in [-0.05, 0) is 29.7 Å². The number of carbonyl (C=O) groups excluding carboxylic acids is 1. The van der Waals surface area contributed by atoms with Gasteiger partial charge in [0.25, 0.3) is 0 Å². The summed E-state index contributed by atoms with van der Waals surface area (Å²) in [5.74, 6) is -0.613. The monoisotopic (exact) mass is 431 g/mol. The van der Waals surface area contributed by atoms with Crippen LogP contribution in [-0.4, -0.2) is 53.3 Å². The van der Waals surface area contributed by atoms with Crippen LogP contribution in [0.3, 0.4) is 0 Å². The highest BCUT2D eigenvalue weighted by Gasteiger charge is 2.44. The molecule has 2 aromatic carbocycles. The Morgan fingerprint density at radius 1 is 1.03 bits per heavy atom. The number of likely N-dealkylation sites (tertiary alicyclic amines) is 1. The molecule has 0 amide bonds. The predicted molar refractivity (Wildman–Crippen MR) is 124 cm³/mol. The van der Waals surface area contributed by atoms with Crippen LogP contribution in [0.2, 0.25) is 0 Å². The Labute approximate surface area is 189 Å². The number of quaternary nitrogens is 1. The smallest absolute Gasteiger partial charge is 0.348 e. The number of piperidine rings is 1. The SMILES string of the molecule is C[N@+]1(CCc2ccccn2)CCCC(OC(=O)C(O)(c2ccccc2)c2ccccc2)C1. The van der Waals surface area contributed by atoms with Crippen molar-refractivity contribution in [2.24, 2.45) is 0 Å². The molecule has 0 saturated carbocycles. The highest BCUT2D eigenvalue weighted by atomic mass is 16.6. The minimum atomic E-state index is -1.84. The molecular weight excluding hydrogens is 400 g/mol. The molecule has 5 heteroatoms. The van der Waals surface area contributed by atoms with E-state index in [2.05, 4.69) is 12.0 Å². The lowest BCUT2D eigenvalue weighted by Gasteiger charge is -2.41. The quantitative estimate of drug-likeness (QED) is 0.458. The van der Waals surface area contributed by atoms with Crippen molar-refractivity contribution in [1.82, 2.24) is 4.98 Å². The summed E-state index contributed by atoms with van der Waals surface area (Å²) in [6.07, 6.45) is 4.26. The maximum absolute atomic E-state index is 13.4. The predicted octanol–water partition coefficient (Wildman–Crippen LogP) is 3.71. The average molecular weight is 432 g/mol. The number of rotatable bonds is 7. The molecule has 166 valence electrons. The number of esters is 1. The molecule has 1 unspecified atom stereocenters. The number of aliphatic hydroxyl groups is 1. The van der Waals surface area contributed by atoms with E-state index in [-0.39, 0.29) is 6.10 Å². The lowest BCUT2D eigenvalue weighted by Crippen LogP contribution is -2.55. The fraction of sp³-hybridized carbons (Fsp3) is 0.333. The number of ether oxygens (including phenoxy) is 1. The number of carbonyl (C=O) groups is 1. The average Bonchev–Trinajstić information content (AvgIpc) is 2.84. The maximum atomic E-state index is 13.4. The van der Waals surface area contributed by atoms with Crippen molar-refractivity contribution in [2.75, 3.05) is 26.7 Å². The standard InChI is InChI=1S/C27H31N2O3/c1-29(20-17-24-15-8-9-18-28-24)19-10-16-25(21-29)32-26(30)27(31,22-11-4-2-5-12-22)23-13-6-3-7-14-23/h2-9,11-15,18,25,31H,10,16-17,19-21H2,1H3/q+1/t25?,29-/m1/s1. The van der Waals surface area contributed by atoms with Gasteiger partial charge in [-0.3, -0.25) is 4.98 Å². The third-order valence-electron chi connectivity index (χ3n) is 6.45. The van der Waals surface area contributed by atoms with Crippen LogP contribution in [0, 0.1) is 0 Å². The maximum Gasteiger partial charge on any atom is 0.348 e. The number of hydrogen-bond acceptors (Lipinski definition) is 4. The Hall–Kier alpha value is -3.02. The highest BCUT2D eigenvalue weighted by Crippen LogP contribution is 2.32. The summed E-state index contributed by atoms with van der Waals surface area (Å²) in [7, 11) is 2.21. The van der Waals surface area contributed by atoms with Crippen LogP contribution < -0.4 is 0 Å². The molecule has 0 spiro atoms. The van der Waals surface area contributed by atoms with Crippen LogP contribution in [0.15, 0.2) is 85.1 Å². The number of benzene rings is 2. The van der Waals surface area contributed by atoms with Crippen LogP contribution in [0.1, 0.15) is 29.7 Å². The minimum Gasteiger partial charge on any atom is -0.454 e. The van der Waals surface area contributed by atoms with Crippen molar-refractivity contribution in [1.29, 1.82) is 0 Å². The number of hydrogen-bond donors (Lipinski definition) is 1. The molecule has 32 heavy (non-hydrogen) atoms. The van der Waals surface area contributed by atoms with Crippen molar-refractivity contribution < 1.29 is 19.1 Å². The number of aromatic nitrogens is 1. The van der Waals surface area contributed by atoms with E-state index in [4.69, 9.17) is 4.74 Å². The van der Waals surface area contributed by atoms with E-state index < -0.39 is 11.6 Å². The summed E-state index contributed by atoms with van der Waals surface area (Å²) >= 11 is 0. The normalized spacial score (nSPS) is 21.1. The summed E-state index contributed by atoms with van der Waals surface area (Å²) in [5.41, 5.74) is 0.268. The zero-order valence-corrected chi connectivity index (χ0v) is 18.6. The first-order valence-electron chi connectivity index (χ1n) is 11.3. The largest absolute Gasteiger partial charge is 0.454 e. The zero-order valence-electron chi connectivity index (χ0n) is 18.6. The lowest BCUT2D eigenvalue weighted by molar-refractivity contribution is -0.916. The van der Waals surface area contributed by atoms with Gasteiger partial charge in [-0.25, -0.2) is 4.79 Å². The van der Waals surface area contributed by atoms with Crippen LogP contribution in [0.4, 0.5) is 0 Å². The topological polar surface area (TPSA) is 59.4 Å². The van der Waals surface area contributed by atoms with Gasteiger partial charge in [0.1, 0.15) is 6.54 Å². The Kier molecular flexibility index (Phi) is 6.68. The second-order valence-electron chi connectivity index (χ2n) is 8.93. The first-order chi connectivity index (χ1) is 15.5. The van der Waals surface area contributed by atoms with Crippen molar-refractivity contribution in [2.45, 2.75) is 31.0 Å². The molecule has 0 aliphatic carbocycles. The van der Waals surface area contributed by atoms with E-state index in [1.165, 1.54) is 0 Å². The highest BCUT2D eigenvalue weighted by molar-refractivity contribution is 5.85. The third-order valence-corrected chi connectivity index (χ3v) is 6.45. The van der Waals surface area contributed by atoms with E-state index >= 15 is 0 Å². The van der Waals surface area contributed by atoms with Gasteiger partial charge in [-0.15, -0.1) is 0 Å². The third kappa shape index (κ3) is 4.90. The van der Waals surface area contributed by atoms with E-state index in [1.54, 1.807) is 24.3 Å². The molecule has 1 saturated heterocycles. The van der Waals surface area contributed by atoms with Gasteiger partial charge in [-0.1, -0.05) is 66.7 Å². The van der Waals surface area contributed by atoms with Gasteiger partial charge in [0.2, 0.25) is 5.60 Å². The molecule has 4 rings (SSSR count). The van der Waals surface area contributed by atoms with Crippen LogP contribution in [-0.2, 0) is 21.6 Å². The fourth-order valence-corrected chi connectivity index (χ4v) is 4.60. The summed E-state index contributed by atoms with van der Waals surface area (Å²) in [6.45, 7) is 2.72. The number of nitrogens with zero attached hydrogens (tertiary/aromatic N) is 2. The number of likely N-dealkylation sites (N-methyl/N-ethyl adjacent to an activating group) is 1. The fourth-order valence-electron chi connectivity index (χ4n) is 4.60. The van der Waals surface area contributed by atoms with Gasteiger partial charge in [-0.2, -0.15) is 0 Å². The molecule has 3 aromatic rings. The summed E-state index contributed by atoms with van der Waals surface area (Å²) in [4.78, 5) is 17.9. The van der Waals surface area contributed by atoms with E-state index in [1.807, 2.05) is 60.8 Å². The van der Waals surface area contributed by atoms with Gasteiger partial charge in [0.05, 0.1) is 20.1 Å². The molecule has 1 aliphatic rings. The lowest BCUT2D eigenvalue weighted by atomic mass is 9.86. The molecule has 2 atom stereocenters. The van der Waals surface area contributed by atoms with Crippen LogP contribution in [0.5, 0.6) is 0 Å². The van der Waals surface area contributed by atoms with Crippen molar-refractivity contribution in [3.63, 3.8) is 0 Å². The van der Waals surface area contributed by atoms with E-state index in [9.17, 15) is 9.90 Å². The van der Waals surface area contributed by atoms with Crippen LogP contribution >= 0.6 is 0 Å². The Bertz CT molecular complexity index is 971. The second kappa shape index (κ2) is 9.63. The van der Waals surface area contributed by atoms with Crippen molar-refractivity contribution in [3.8, 4) is 0 Å². The van der Waals surface area contributed by atoms with Gasteiger partial charge < -0.3 is 14.3 Å². The Balaban J connectivity index is 1.49. The first-order valence-corrected chi connectivity index (χ1v) is 11.3. The molecule has 1 aromatic heterocycles. The minimum absolute atomic E-state index is 0.232. The van der Waals surface area contributed by atoms with Crippen molar-refractivity contribution in [3.05, 3.63) is 102 Å². The molecule has 1 N–H and O–H groups in total. The van der Waals surface area contributed by atoms with E-state index in [0.29, 0.717) is 11.1 Å². The Morgan fingerprint density at radius 3 is 2.25 bits per heavy atom. The molecule has 1 fully saturated rings. The molecule has 5 nitrogen and oxygen atoms in total. The molecule has 1 aliphatic heterocycles. The summed E-state index contributed by atoms with van der Waals surface area (Å²) < 4.78 is 6.82. The molecule has 2 heterocycles. The Morgan fingerprint density at radius 2 is 1.66 bits per heavy atom. The molecular formula is C27H31N2O3+. The van der Waals surface area contributed by atoms with Gasteiger partial charge in [0.15, 0.2) is 6.10 Å². The summed E-state index contributed by atoms with van der Waals surface area (Å²) in [6, 6.07) is 24.1. The van der Waals surface area contributed by atoms with E-state index in [0.717, 1.165) is 49.1 Å². The molecule has 0 radical (unpaired) electrons. The van der Waals surface area contributed by atoms with Gasteiger partial charge >= 0.3 is 5.97 Å². The second-order valence-corrected chi connectivity index (χ2v) is 8.93. The van der Waals surface area contributed by atoms with Crippen LogP contribution in [0.25, 0.3) is 0 Å². The molecule has 0 bridgehead atoms. The van der Waals surface area contributed by atoms with Crippen molar-refractivity contribution >= 4 is 5.97 Å². The first kappa shape index (κ1) is 22.2. The summed E-state index contributed by atoms with van der Waals surface area (Å²) in [5, 5.41) is 11.6. The van der Waals surface area contributed by atoms with Gasteiger partial charge in [0, 0.05) is 24.7 Å². The number of pyridine rings is 1. The zero-order chi connectivity index (χ0) is 22.4.